The van der Waals surface area contributed by atoms with Crippen molar-refractivity contribution in [3.63, 3.8) is 0 Å². The number of rotatable bonds is 4. The molecule has 0 spiro atoms. The van der Waals surface area contributed by atoms with Gasteiger partial charge in [-0.1, -0.05) is 41.6 Å². The Labute approximate surface area is 122 Å². The van der Waals surface area contributed by atoms with Crippen molar-refractivity contribution < 1.29 is 4.79 Å². The molecule has 0 aliphatic carbocycles. The lowest BCUT2D eigenvalue weighted by molar-refractivity contribution is 0.250. The van der Waals surface area contributed by atoms with Crippen LogP contribution in [0.15, 0.2) is 18.2 Å². The lowest BCUT2D eigenvalue weighted by Crippen LogP contribution is -2.35. The zero-order valence-electron chi connectivity index (χ0n) is 11.8. The second kappa shape index (κ2) is 6.42. The molecule has 1 heterocycles. The number of anilines is 2. The molecule has 0 saturated carbocycles. The summed E-state index contributed by atoms with van der Waals surface area (Å²) in [5.41, 5.74) is 3.08. The van der Waals surface area contributed by atoms with E-state index in [1.807, 2.05) is 18.2 Å². The van der Waals surface area contributed by atoms with Crippen LogP contribution in [0.4, 0.5) is 15.6 Å². The average molecular weight is 291 g/mol. The normalized spacial score (nSPS) is 10.3. The number of nitrogens with one attached hydrogen (secondary N) is 1. The molecule has 0 saturated heterocycles. The molecule has 0 fully saturated rings. The maximum atomic E-state index is 12.3. The van der Waals surface area contributed by atoms with E-state index in [0.29, 0.717) is 5.13 Å². The van der Waals surface area contributed by atoms with Crippen molar-refractivity contribution in [2.75, 3.05) is 11.9 Å². The summed E-state index contributed by atoms with van der Waals surface area (Å²) in [4.78, 5) is 13.8. The Balaban J connectivity index is 2.62. The first-order chi connectivity index (χ1) is 9.72. The van der Waals surface area contributed by atoms with Crippen LogP contribution in [0, 0.1) is 0 Å². The highest BCUT2D eigenvalue weighted by molar-refractivity contribution is 7.09. The smallest absolute Gasteiger partial charge is 0.328 e. The third-order valence-corrected chi connectivity index (χ3v) is 3.67. The Hall–Kier alpha value is -2.02. The summed E-state index contributed by atoms with van der Waals surface area (Å²) in [5.74, 6) is 0. The van der Waals surface area contributed by atoms with Gasteiger partial charge in [0.2, 0.25) is 5.13 Å². The summed E-state index contributed by atoms with van der Waals surface area (Å²) in [7, 11) is 1.60. The van der Waals surface area contributed by atoms with Crippen LogP contribution >= 0.6 is 11.5 Å². The molecule has 0 aliphatic rings. The molecule has 0 unspecified atom stereocenters. The number of para-hydroxylation sites is 1. The number of urea groups is 1. The van der Waals surface area contributed by atoms with Gasteiger partial charge in [0.15, 0.2) is 0 Å². The Bertz CT molecular complexity index is 562. The summed E-state index contributed by atoms with van der Waals surface area (Å²) in [6, 6.07) is 5.83. The number of hydrogen-bond donors (Lipinski definition) is 1. The quantitative estimate of drug-likeness (QED) is 0.939. The summed E-state index contributed by atoms with van der Waals surface area (Å²) >= 11 is 1.10. The van der Waals surface area contributed by atoms with Crippen LogP contribution in [-0.4, -0.2) is 27.9 Å². The van der Waals surface area contributed by atoms with Crippen molar-refractivity contribution in [1.29, 1.82) is 0 Å². The number of nitrogens with zero attached hydrogens (tertiary/aromatic N) is 4. The first-order valence-corrected chi connectivity index (χ1v) is 7.27. The molecule has 1 aromatic carbocycles. The fourth-order valence-electron chi connectivity index (χ4n) is 2.11. The number of amides is 2. The van der Waals surface area contributed by atoms with E-state index in [4.69, 9.17) is 0 Å². The Kier molecular flexibility index (Phi) is 4.62. The molecular weight excluding hydrogens is 274 g/mol. The van der Waals surface area contributed by atoms with Gasteiger partial charge in [-0.2, -0.15) is 0 Å². The highest BCUT2D eigenvalue weighted by Gasteiger charge is 2.24. The van der Waals surface area contributed by atoms with Crippen molar-refractivity contribution in [3.05, 3.63) is 29.3 Å². The average Bonchev–Trinajstić information content (AvgIpc) is 3.01. The molecule has 0 bridgehead atoms. The maximum absolute atomic E-state index is 12.3. The minimum Gasteiger partial charge on any atom is -0.340 e. The van der Waals surface area contributed by atoms with Gasteiger partial charge < -0.3 is 5.32 Å². The maximum Gasteiger partial charge on any atom is 0.328 e. The fraction of sp³-hybridized carbons (Fsp3) is 0.385. The SMILES string of the molecule is CCc1cccc(CC)c1N(C(=O)NC)c1nnns1. The molecule has 20 heavy (non-hydrogen) atoms. The molecule has 1 aromatic heterocycles. The summed E-state index contributed by atoms with van der Waals surface area (Å²) in [5, 5.41) is 10.7. The highest BCUT2D eigenvalue weighted by atomic mass is 32.1. The van der Waals surface area contributed by atoms with Crippen molar-refractivity contribution in [1.82, 2.24) is 20.1 Å². The summed E-state index contributed by atoms with van der Waals surface area (Å²) in [6.45, 7) is 4.14. The van der Waals surface area contributed by atoms with Crippen molar-refractivity contribution in [2.45, 2.75) is 26.7 Å². The molecular formula is C13H17N5OS. The Morgan fingerprint density at radius 3 is 2.40 bits per heavy atom. The molecule has 106 valence electrons. The van der Waals surface area contributed by atoms with E-state index in [-0.39, 0.29) is 6.03 Å². The molecule has 0 atom stereocenters. The molecule has 0 aliphatic heterocycles. The zero-order chi connectivity index (χ0) is 14.5. The van der Waals surface area contributed by atoms with Crippen molar-refractivity contribution in [2.24, 2.45) is 0 Å². The van der Waals surface area contributed by atoms with Crippen molar-refractivity contribution >= 4 is 28.4 Å². The number of aromatic nitrogens is 3. The number of hydrogen-bond acceptors (Lipinski definition) is 5. The van der Waals surface area contributed by atoms with E-state index in [1.54, 1.807) is 11.9 Å². The van der Waals surface area contributed by atoms with Crippen LogP contribution in [0.2, 0.25) is 0 Å². The zero-order valence-corrected chi connectivity index (χ0v) is 12.6. The van der Waals surface area contributed by atoms with Gasteiger partial charge in [0.25, 0.3) is 0 Å². The molecule has 2 aromatic rings. The second-order valence-electron chi connectivity index (χ2n) is 4.17. The van der Waals surface area contributed by atoms with Gasteiger partial charge in [0.1, 0.15) is 0 Å². The van der Waals surface area contributed by atoms with Gasteiger partial charge >= 0.3 is 6.03 Å². The molecule has 1 N–H and O–H groups in total. The number of aryl methyl sites for hydroxylation is 2. The van der Waals surface area contributed by atoms with Crippen LogP contribution < -0.4 is 10.2 Å². The van der Waals surface area contributed by atoms with Crippen LogP contribution in [0.25, 0.3) is 0 Å². The van der Waals surface area contributed by atoms with Gasteiger partial charge in [0.05, 0.1) is 5.69 Å². The second-order valence-corrected chi connectivity index (χ2v) is 4.88. The molecule has 7 heteroatoms. The number of carbonyl (C=O) groups excluding carboxylic acids is 1. The highest BCUT2D eigenvalue weighted by Crippen LogP contribution is 2.33. The number of carbonyl (C=O) groups is 1. The van der Waals surface area contributed by atoms with E-state index >= 15 is 0 Å². The Morgan fingerprint density at radius 1 is 1.30 bits per heavy atom. The number of benzene rings is 1. The van der Waals surface area contributed by atoms with Crippen LogP contribution in [-0.2, 0) is 12.8 Å². The summed E-state index contributed by atoms with van der Waals surface area (Å²) < 4.78 is 3.76. The summed E-state index contributed by atoms with van der Waals surface area (Å²) in [6.07, 6.45) is 1.67. The van der Waals surface area contributed by atoms with Gasteiger partial charge in [-0.3, -0.25) is 0 Å². The molecule has 2 amide bonds. The predicted octanol–water partition coefficient (Wildman–Crippen LogP) is 2.54. The van der Waals surface area contributed by atoms with E-state index in [1.165, 1.54) is 0 Å². The molecule has 0 radical (unpaired) electrons. The van der Waals surface area contributed by atoms with E-state index < -0.39 is 0 Å². The lowest BCUT2D eigenvalue weighted by atomic mass is 10.0. The van der Waals surface area contributed by atoms with Crippen molar-refractivity contribution in [3.8, 4) is 0 Å². The topological polar surface area (TPSA) is 71.0 Å². The van der Waals surface area contributed by atoms with Gasteiger partial charge in [0, 0.05) is 18.6 Å². The molecule has 6 nitrogen and oxygen atoms in total. The monoisotopic (exact) mass is 291 g/mol. The van der Waals surface area contributed by atoms with E-state index in [0.717, 1.165) is 41.2 Å². The van der Waals surface area contributed by atoms with Gasteiger partial charge in [-0.05, 0) is 29.2 Å². The van der Waals surface area contributed by atoms with Crippen LogP contribution in [0.3, 0.4) is 0 Å². The lowest BCUT2D eigenvalue weighted by Gasteiger charge is -2.24. The predicted molar refractivity (Wildman–Crippen MR) is 79.5 cm³/mol. The van der Waals surface area contributed by atoms with Crippen LogP contribution in [0.1, 0.15) is 25.0 Å². The fourth-order valence-corrected chi connectivity index (χ4v) is 2.59. The first kappa shape index (κ1) is 14.4. The van der Waals surface area contributed by atoms with Crippen LogP contribution in [0.5, 0.6) is 0 Å². The van der Waals surface area contributed by atoms with Gasteiger partial charge in [-0.15, -0.1) is 0 Å². The van der Waals surface area contributed by atoms with E-state index in [2.05, 4.69) is 34.0 Å². The minimum absolute atomic E-state index is 0.237. The molecule has 2 rings (SSSR count). The Morgan fingerprint density at radius 2 is 1.95 bits per heavy atom. The first-order valence-electron chi connectivity index (χ1n) is 6.50. The minimum atomic E-state index is -0.237. The third kappa shape index (κ3) is 2.62. The standard InChI is InChI=1S/C13H17N5OS/c1-4-9-7-6-8-10(5-2)11(9)18(12(19)14-3)13-15-16-17-20-13/h6-8H,4-5H2,1-3H3,(H,14,19). The largest absolute Gasteiger partial charge is 0.340 e. The van der Waals surface area contributed by atoms with Gasteiger partial charge in [-0.25, -0.2) is 9.69 Å². The van der Waals surface area contributed by atoms with E-state index in [9.17, 15) is 4.79 Å². The third-order valence-electron chi connectivity index (χ3n) is 3.09.